The molecule has 0 amide bonds. The van der Waals surface area contributed by atoms with Crippen LogP contribution >= 0.6 is 0 Å². The van der Waals surface area contributed by atoms with Gasteiger partial charge < -0.3 is 9.30 Å². The van der Waals surface area contributed by atoms with E-state index in [0.29, 0.717) is 18.5 Å². The number of sulfone groups is 1. The zero-order valence-electron chi connectivity index (χ0n) is 12.8. The number of hydrogen-bond acceptors (Lipinski definition) is 4. The minimum atomic E-state index is -3.07. The molecule has 0 bridgehead atoms. The summed E-state index contributed by atoms with van der Waals surface area (Å²) in [6.07, 6.45) is 5.39. The van der Waals surface area contributed by atoms with Crippen molar-refractivity contribution in [3.05, 3.63) is 24.0 Å². The Labute approximate surface area is 126 Å². The predicted octanol–water partition coefficient (Wildman–Crippen LogP) is 2.58. The molecular formula is C15H23NO4S. The average molecular weight is 313 g/mol. The van der Waals surface area contributed by atoms with Crippen LogP contribution in [0.5, 0.6) is 0 Å². The molecule has 6 heteroatoms. The van der Waals surface area contributed by atoms with Gasteiger partial charge in [0.1, 0.15) is 21.6 Å². The zero-order chi connectivity index (χ0) is 15.6. The standard InChI is InChI=1S/C15H23NO4S/c1-11(2)16-9-5-8-14(16)15(17)20-12-6-4-7-13(10-12)21(3,18)19/h5,8-9,11-13H,4,6-7,10H2,1-3H3/t12-,13-/m1/s1. The molecule has 0 radical (unpaired) electrons. The van der Waals surface area contributed by atoms with Crippen molar-refractivity contribution in [2.45, 2.75) is 56.9 Å². The number of hydrogen-bond donors (Lipinski definition) is 0. The van der Waals surface area contributed by atoms with E-state index in [4.69, 9.17) is 4.74 Å². The first kappa shape index (κ1) is 16.1. The lowest BCUT2D eigenvalue weighted by atomic mass is 9.97. The van der Waals surface area contributed by atoms with Crippen LogP contribution in [-0.4, -0.2) is 36.6 Å². The van der Waals surface area contributed by atoms with Crippen molar-refractivity contribution in [1.82, 2.24) is 4.57 Å². The van der Waals surface area contributed by atoms with Gasteiger partial charge in [-0.15, -0.1) is 0 Å². The average Bonchev–Trinajstić information content (AvgIpc) is 2.87. The Hall–Kier alpha value is -1.30. The van der Waals surface area contributed by atoms with Crippen LogP contribution in [0.3, 0.4) is 0 Å². The van der Waals surface area contributed by atoms with E-state index in [1.165, 1.54) is 6.26 Å². The van der Waals surface area contributed by atoms with Gasteiger partial charge in [-0.2, -0.15) is 0 Å². The molecule has 1 aromatic heterocycles. The van der Waals surface area contributed by atoms with E-state index in [9.17, 15) is 13.2 Å². The van der Waals surface area contributed by atoms with Gasteiger partial charge in [0.15, 0.2) is 0 Å². The summed E-state index contributed by atoms with van der Waals surface area (Å²) in [5.74, 6) is -0.368. The second-order valence-electron chi connectivity index (χ2n) is 6.04. The Morgan fingerprint density at radius 2 is 2.10 bits per heavy atom. The summed E-state index contributed by atoms with van der Waals surface area (Å²) in [5, 5.41) is -0.388. The highest BCUT2D eigenvalue weighted by atomic mass is 32.2. The summed E-state index contributed by atoms with van der Waals surface area (Å²) in [4.78, 5) is 12.3. The number of carbonyl (C=O) groups excluding carboxylic acids is 1. The molecule has 118 valence electrons. The Morgan fingerprint density at radius 3 is 2.71 bits per heavy atom. The number of esters is 1. The summed E-state index contributed by atoms with van der Waals surface area (Å²) in [6, 6.07) is 3.73. The van der Waals surface area contributed by atoms with Gasteiger partial charge in [-0.05, 0) is 45.2 Å². The third-order valence-corrected chi connectivity index (χ3v) is 5.64. The normalized spacial score (nSPS) is 23.2. The molecule has 21 heavy (non-hydrogen) atoms. The van der Waals surface area contributed by atoms with Crippen molar-refractivity contribution >= 4 is 15.8 Å². The second-order valence-corrected chi connectivity index (χ2v) is 8.37. The third kappa shape index (κ3) is 3.87. The quantitative estimate of drug-likeness (QED) is 0.801. The second kappa shape index (κ2) is 6.22. The van der Waals surface area contributed by atoms with Crippen molar-refractivity contribution in [3.8, 4) is 0 Å². The van der Waals surface area contributed by atoms with Gasteiger partial charge >= 0.3 is 5.97 Å². The van der Waals surface area contributed by atoms with Crippen molar-refractivity contribution in [1.29, 1.82) is 0 Å². The van der Waals surface area contributed by atoms with Crippen LogP contribution in [0.25, 0.3) is 0 Å². The van der Waals surface area contributed by atoms with Crippen LogP contribution < -0.4 is 0 Å². The van der Waals surface area contributed by atoms with Crippen LogP contribution in [0.1, 0.15) is 56.1 Å². The summed E-state index contributed by atoms with van der Waals surface area (Å²) in [5.41, 5.74) is 0.520. The van der Waals surface area contributed by atoms with Gasteiger partial charge in [0.05, 0.1) is 5.25 Å². The summed E-state index contributed by atoms with van der Waals surface area (Å²) < 4.78 is 30.7. The lowest BCUT2D eigenvalue weighted by Gasteiger charge is -2.28. The molecule has 0 aliphatic heterocycles. The van der Waals surface area contributed by atoms with Crippen LogP contribution in [0.4, 0.5) is 0 Å². The minimum Gasteiger partial charge on any atom is -0.458 e. The fourth-order valence-electron chi connectivity index (χ4n) is 2.83. The van der Waals surface area contributed by atoms with Crippen molar-refractivity contribution < 1.29 is 17.9 Å². The molecule has 1 aliphatic carbocycles. The molecule has 1 saturated carbocycles. The molecule has 0 spiro atoms. The SMILES string of the molecule is CC(C)n1cccc1C(=O)O[C@@H]1CCC[C@@H](S(C)(=O)=O)C1. The van der Waals surface area contributed by atoms with E-state index >= 15 is 0 Å². The predicted molar refractivity (Wildman–Crippen MR) is 81.1 cm³/mol. The molecule has 5 nitrogen and oxygen atoms in total. The largest absolute Gasteiger partial charge is 0.458 e. The van der Waals surface area contributed by atoms with Crippen LogP contribution in [0.15, 0.2) is 18.3 Å². The van der Waals surface area contributed by atoms with Crippen LogP contribution in [-0.2, 0) is 14.6 Å². The Kier molecular flexibility index (Phi) is 4.76. The third-order valence-electron chi connectivity index (χ3n) is 4.00. The van der Waals surface area contributed by atoms with Gasteiger partial charge in [-0.25, -0.2) is 13.2 Å². The molecule has 1 heterocycles. The smallest absolute Gasteiger partial charge is 0.355 e. The van der Waals surface area contributed by atoms with Gasteiger partial charge in [-0.1, -0.05) is 0 Å². The van der Waals surface area contributed by atoms with E-state index in [1.54, 1.807) is 6.07 Å². The van der Waals surface area contributed by atoms with Crippen LogP contribution in [0.2, 0.25) is 0 Å². The summed E-state index contributed by atoms with van der Waals surface area (Å²) >= 11 is 0. The molecular weight excluding hydrogens is 290 g/mol. The van der Waals surface area contributed by atoms with Gasteiger partial charge in [0.2, 0.25) is 0 Å². The molecule has 0 aromatic carbocycles. The fraction of sp³-hybridized carbons (Fsp3) is 0.667. The highest BCUT2D eigenvalue weighted by Crippen LogP contribution is 2.26. The maximum atomic E-state index is 12.3. The van der Waals surface area contributed by atoms with Gasteiger partial charge in [-0.3, -0.25) is 0 Å². The number of carbonyl (C=O) groups is 1. The van der Waals surface area contributed by atoms with Crippen molar-refractivity contribution in [2.75, 3.05) is 6.26 Å². The summed E-state index contributed by atoms with van der Waals surface area (Å²) in [6.45, 7) is 3.99. The molecule has 1 aromatic rings. The first-order valence-corrected chi connectivity index (χ1v) is 9.31. The first-order chi connectivity index (χ1) is 9.79. The van der Waals surface area contributed by atoms with Crippen molar-refractivity contribution in [2.24, 2.45) is 0 Å². The minimum absolute atomic E-state index is 0.178. The van der Waals surface area contributed by atoms with E-state index < -0.39 is 9.84 Å². The molecule has 0 N–H and O–H groups in total. The molecule has 2 atom stereocenters. The van der Waals surface area contributed by atoms with Crippen LogP contribution in [0, 0.1) is 0 Å². The molecule has 0 unspecified atom stereocenters. The van der Waals surface area contributed by atoms with Gasteiger partial charge in [0.25, 0.3) is 0 Å². The number of rotatable bonds is 4. The van der Waals surface area contributed by atoms with E-state index in [0.717, 1.165) is 12.8 Å². The maximum Gasteiger partial charge on any atom is 0.355 e. The Morgan fingerprint density at radius 1 is 1.38 bits per heavy atom. The zero-order valence-corrected chi connectivity index (χ0v) is 13.6. The van der Waals surface area contributed by atoms with Gasteiger partial charge in [0, 0.05) is 24.9 Å². The number of nitrogens with zero attached hydrogens (tertiary/aromatic N) is 1. The molecule has 0 saturated heterocycles. The summed E-state index contributed by atoms with van der Waals surface area (Å²) in [7, 11) is -3.07. The lowest BCUT2D eigenvalue weighted by Crippen LogP contribution is -2.33. The first-order valence-electron chi connectivity index (χ1n) is 7.35. The van der Waals surface area contributed by atoms with Crippen molar-refractivity contribution in [3.63, 3.8) is 0 Å². The van der Waals surface area contributed by atoms with E-state index in [2.05, 4.69) is 0 Å². The topological polar surface area (TPSA) is 65.4 Å². The fourth-order valence-corrected chi connectivity index (χ4v) is 3.99. The molecule has 2 rings (SSSR count). The monoisotopic (exact) mass is 313 g/mol. The molecule has 1 aliphatic rings. The maximum absolute atomic E-state index is 12.3. The lowest BCUT2D eigenvalue weighted by molar-refractivity contribution is 0.0201. The van der Waals surface area contributed by atoms with E-state index in [1.807, 2.05) is 30.7 Å². The highest BCUT2D eigenvalue weighted by Gasteiger charge is 2.31. The number of ether oxygens (including phenoxy) is 1. The highest BCUT2D eigenvalue weighted by molar-refractivity contribution is 7.91. The Bertz CT molecular complexity index is 603. The number of aromatic nitrogens is 1. The molecule has 1 fully saturated rings. The van der Waals surface area contributed by atoms with E-state index in [-0.39, 0.29) is 23.4 Å². The Balaban J connectivity index is 2.04.